The van der Waals surface area contributed by atoms with Gasteiger partial charge in [0.2, 0.25) is 10.0 Å². The summed E-state index contributed by atoms with van der Waals surface area (Å²) in [5.74, 6) is 0.395. The first-order valence-corrected chi connectivity index (χ1v) is 9.61. The highest BCUT2D eigenvalue weighted by atomic mass is 35.5. The Labute approximate surface area is 157 Å². The second kappa shape index (κ2) is 8.49. The zero-order chi connectivity index (χ0) is 18.1. The van der Waals surface area contributed by atoms with E-state index in [1.54, 1.807) is 22.5 Å². The number of benzene rings is 1. The largest absolute Gasteiger partial charge is 0.355 e. The van der Waals surface area contributed by atoms with Crippen molar-refractivity contribution >= 4 is 28.3 Å². The summed E-state index contributed by atoms with van der Waals surface area (Å²) >= 11 is 0. The van der Waals surface area contributed by atoms with Crippen molar-refractivity contribution in [3.8, 4) is 0 Å². The highest BCUT2D eigenvalue weighted by molar-refractivity contribution is 7.89. The smallest absolute Gasteiger partial charge is 0.251 e. The highest BCUT2D eigenvalue weighted by Crippen LogP contribution is 2.31. The van der Waals surface area contributed by atoms with Gasteiger partial charge in [0, 0.05) is 31.7 Å². The zero-order valence-corrected chi connectivity index (χ0v) is 17.0. The second-order valence-electron chi connectivity index (χ2n) is 6.87. The molecule has 8 heteroatoms. The predicted octanol–water partition coefficient (Wildman–Crippen LogP) is 1.67. The summed E-state index contributed by atoms with van der Waals surface area (Å²) in [5, 5.41) is 2.52. The summed E-state index contributed by atoms with van der Waals surface area (Å²) in [6, 6.07) is 6.41. The van der Waals surface area contributed by atoms with E-state index in [9.17, 15) is 13.2 Å². The summed E-state index contributed by atoms with van der Waals surface area (Å²) in [7, 11) is 1.89. The molecule has 0 bridgehead atoms. The molecule has 1 saturated heterocycles. The molecule has 6 nitrogen and oxygen atoms in total. The molecule has 0 unspecified atom stereocenters. The summed E-state index contributed by atoms with van der Waals surface area (Å²) < 4.78 is 27.6. The lowest BCUT2D eigenvalue weighted by Crippen LogP contribution is -2.37. The fourth-order valence-electron chi connectivity index (χ4n) is 3.26. The fraction of sp³-hybridized carbons (Fsp3) is 0.588. The van der Waals surface area contributed by atoms with Gasteiger partial charge in [0.25, 0.3) is 5.91 Å². The number of rotatable bonds is 5. The van der Waals surface area contributed by atoms with Gasteiger partial charge in [-0.25, -0.2) is 8.42 Å². The van der Waals surface area contributed by atoms with Gasteiger partial charge in [0.1, 0.15) is 0 Å². The van der Waals surface area contributed by atoms with Crippen LogP contribution in [0.2, 0.25) is 0 Å². The van der Waals surface area contributed by atoms with Crippen molar-refractivity contribution < 1.29 is 13.2 Å². The minimum atomic E-state index is -3.61. The normalized spacial score (nSPS) is 21.4. The maximum Gasteiger partial charge on any atom is 0.251 e. The lowest BCUT2D eigenvalue weighted by molar-refractivity contribution is 0.0963. The Morgan fingerprint density at radius 1 is 1.28 bits per heavy atom. The molecule has 1 aliphatic heterocycles. The first-order chi connectivity index (χ1) is 11.2. The fourth-order valence-corrected chi connectivity index (χ4v) is 4.81. The molecule has 0 aliphatic carbocycles. The van der Waals surface area contributed by atoms with Crippen molar-refractivity contribution in [1.29, 1.82) is 0 Å². The Bertz CT molecular complexity index is 691. The number of halogens is 1. The standard InChI is InChI=1S/C17H27N3O3S.ClH/c1-12(2)15-10-20(11-16(15)19(4)5)24(22,23)14-8-6-7-13(9-14)17(21)18-3;/h6-9,12,15-16H,10-11H2,1-5H3,(H,18,21);1H/t15-,16+;/m1./s1. The van der Waals surface area contributed by atoms with Crippen molar-refractivity contribution in [2.24, 2.45) is 11.8 Å². The molecule has 0 spiro atoms. The third kappa shape index (κ3) is 4.53. The average Bonchev–Trinajstić information content (AvgIpc) is 3.01. The Morgan fingerprint density at radius 2 is 1.92 bits per heavy atom. The summed E-state index contributed by atoms with van der Waals surface area (Å²) in [4.78, 5) is 14.0. The lowest BCUT2D eigenvalue weighted by Gasteiger charge is -2.27. The molecule has 142 valence electrons. The minimum Gasteiger partial charge on any atom is -0.355 e. The van der Waals surface area contributed by atoms with Gasteiger partial charge in [-0.2, -0.15) is 4.31 Å². The number of sulfonamides is 1. The summed E-state index contributed by atoms with van der Waals surface area (Å²) in [6.45, 7) is 5.24. The van der Waals surface area contributed by atoms with Crippen LogP contribution in [0.4, 0.5) is 0 Å². The van der Waals surface area contributed by atoms with Crippen LogP contribution in [0.25, 0.3) is 0 Å². The molecule has 2 atom stereocenters. The van der Waals surface area contributed by atoms with Crippen LogP contribution < -0.4 is 5.32 Å². The molecule has 2 rings (SSSR count). The van der Waals surface area contributed by atoms with E-state index in [4.69, 9.17) is 0 Å². The Kier molecular flexibility index (Phi) is 7.43. The van der Waals surface area contributed by atoms with E-state index < -0.39 is 10.0 Å². The molecule has 0 aromatic heterocycles. The van der Waals surface area contributed by atoms with Crippen LogP contribution in [-0.4, -0.2) is 63.8 Å². The highest BCUT2D eigenvalue weighted by Gasteiger charge is 2.41. The van der Waals surface area contributed by atoms with Crippen LogP contribution in [0.5, 0.6) is 0 Å². The van der Waals surface area contributed by atoms with Crippen LogP contribution in [0.3, 0.4) is 0 Å². The van der Waals surface area contributed by atoms with Crippen LogP contribution in [-0.2, 0) is 10.0 Å². The number of likely N-dealkylation sites (N-methyl/N-ethyl adjacent to an activating group) is 1. The van der Waals surface area contributed by atoms with E-state index >= 15 is 0 Å². The van der Waals surface area contributed by atoms with Gasteiger partial charge in [-0.15, -0.1) is 12.4 Å². The van der Waals surface area contributed by atoms with Crippen molar-refractivity contribution in [2.45, 2.75) is 24.8 Å². The molecule has 1 aromatic carbocycles. The maximum absolute atomic E-state index is 13.0. The van der Waals surface area contributed by atoms with Crippen molar-refractivity contribution in [3.63, 3.8) is 0 Å². The molecule has 0 radical (unpaired) electrons. The summed E-state index contributed by atoms with van der Waals surface area (Å²) in [6.07, 6.45) is 0. The molecule has 25 heavy (non-hydrogen) atoms. The van der Waals surface area contributed by atoms with Gasteiger partial charge in [-0.05, 0) is 44.1 Å². The van der Waals surface area contributed by atoms with Crippen LogP contribution in [0.1, 0.15) is 24.2 Å². The summed E-state index contributed by atoms with van der Waals surface area (Å²) in [5.41, 5.74) is 0.349. The van der Waals surface area contributed by atoms with Crippen LogP contribution in [0.15, 0.2) is 29.2 Å². The number of hydrogen-bond donors (Lipinski definition) is 1. The first-order valence-electron chi connectivity index (χ1n) is 8.17. The Morgan fingerprint density at radius 3 is 2.40 bits per heavy atom. The molecule has 1 heterocycles. The van der Waals surface area contributed by atoms with Crippen molar-refractivity contribution in [3.05, 3.63) is 29.8 Å². The van der Waals surface area contributed by atoms with E-state index in [1.165, 1.54) is 13.1 Å². The molecule has 1 fully saturated rings. The van der Waals surface area contributed by atoms with E-state index in [1.807, 2.05) is 14.1 Å². The lowest BCUT2D eigenvalue weighted by atomic mass is 9.91. The molecule has 1 N–H and O–H groups in total. The monoisotopic (exact) mass is 389 g/mol. The SMILES string of the molecule is CNC(=O)c1cccc(S(=O)(=O)N2C[C@H](C(C)C)[C@@H](N(C)C)C2)c1.Cl. The van der Waals surface area contributed by atoms with Gasteiger partial charge >= 0.3 is 0 Å². The van der Waals surface area contributed by atoms with E-state index in [2.05, 4.69) is 24.1 Å². The van der Waals surface area contributed by atoms with Crippen molar-refractivity contribution in [1.82, 2.24) is 14.5 Å². The predicted molar refractivity (Wildman–Crippen MR) is 102 cm³/mol. The van der Waals surface area contributed by atoms with Gasteiger partial charge in [0.15, 0.2) is 0 Å². The van der Waals surface area contributed by atoms with Gasteiger partial charge in [-0.3, -0.25) is 4.79 Å². The number of nitrogens with zero attached hydrogens (tertiary/aromatic N) is 2. The Hall–Kier alpha value is -1.15. The number of carbonyl (C=O) groups excluding carboxylic acids is 1. The topological polar surface area (TPSA) is 69.7 Å². The molecular formula is C17H28ClN3O3S. The second-order valence-corrected chi connectivity index (χ2v) is 8.81. The van der Waals surface area contributed by atoms with Gasteiger partial charge < -0.3 is 10.2 Å². The zero-order valence-electron chi connectivity index (χ0n) is 15.4. The molecule has 1 aromatic rings. The average molecular weight is 390 g/mol. The van der Waals surface area contributed by atoms with E-state index in [-0.39, 0.29) is 35.2 Å². The third-order valence-electron chi connectivity index (χ3n) is 4.78. The number of nitrogens with one attached hydrogen (secondary N) is 1. The maximum atomic E-state index is 13.0. The van der Waals surface area contributed by atoms with E-state index in [0.29, 0.717) is 24.6 Å². The van der Waals surface area contributed by atoms with Crippen LogP contribution >= 0.6 is 12.4 Å². The quantitative estimate of drug-likeness (QED) is 0.831. The van der Waals surface area contributed by atoms with Gasteiger partial charge in [0.05, 0.1) is 4.90 Å². The number of amides is 1. The number of hydrogen-bond acceptors (Lipinski definition) is 4. The molecule has 1 amide bonds. The Balaban J connectivity index is 0.00000312. The minimum absolute atomic E-state index is 0. The third-order valence-corrected chi connectivity index (χ3v) is 6.61. The van der Waals surface area contributed by atoms with Gasteiger partial charge in [-0.1, -0.05) is 19.9 Å². The molecular weight excluding hydrogens is 362 g/mol. The number of carbonyl (C=O) groups is 1. The van der Waals surface area contributed by atoms with Crippen molar-refractivity contribution in [2.75, 3.05) is 34.2 Å². The molecule has 1 aliphatic rings. The first kappa shape index (κ1) is 21.9. The van der Waals surface area contributed by atoms with E-state index in [0.717, 1.165) is 0 Å². The molecule has 0 saturated carbocycles. The van der Waals surface area contributed by atoms with Crippen LogP contribution in [0, 0.1) is 11.8 Å².